The molecule has 0 heterocycles. The number of hydrogen-bond acceptors (Lipinski definition) is 5. The predicted molar refractivity (Wildman–Crippen MR) is 49.8 cm³/mol. The summed E-state index contributed by atoms with van der Waals surface area (Å²) in [5.41, 5.74) is 0. The molecule has 0 bridgehead atoms. The van der Waals surface area contributed by atoms with Crippen molar-refractivity contribution < 1.29 is 37.8 Å². The van der Waals surface area contributed by atoms with Crippen LogP contribution in [0.2, 0.25) is 0 Å². The molecule has 0 radical (unpaired) electrons. The third-order valence-electron chi connectivity index (χ3n) is 1.39. The average Bonchev–Trinajstić information content (AvgIpc) is 1.98. The number of hydrogen-bond donors (Lipinski definition) is 4. The Morgan fingerprint density at radius 1 is 1.27 bits per heavy atom. The van der Waals surface area contributed by atoms with Gasteiger partial charge in [-0.2, -0.15) is 4.31 Å². The van der Waals surface area contributed by atoms with Gasteiger partial charge in [0.2, 0.25) is 0 Å². The van der Waals surface area contributed by atoms with Crippen molar-refractivity contribution in [2.75, 3.05) is 13.2 Å². The van der Waals surface area contributed by atoms with Crippen molar-refractivity contribution in [3.8, 4) is 0 Å². The number of phosphoric ester groups is 1. The van der Waals surface area contributed by atoms with Crippen LogP contribution in [0.4, 0.5) is 0 Å². The van der Waals surface area contributed by atoms with E-state index in [1.165, 1.54) is 0 Å². The van der Waals surface area contributed by atoms with Crippen molar-refractivity contribution in [2.24, 2.45) is 5.92 Å². The summed E-state index contributed by atoms with van der Waals surface area (Å²) in [7, 11) is -9.77. The van der Waals surface area contributed by atoms with E-state index in [-0.39, 0.29) is 25.6 Å². The van der Waals surface area contributed by atoms with E-state index >= 15 is 0 Å². The minimum atomic E-state index is -5.05. The van der Waals surface area contributed by atoms with Gasteiger partial charge < -0.3 is 19.8 Å². The molecule has 4 N–H and O–H groups in total. The molecule has 2 atom stereocenters. The van der Waals surface area contributed by atoms with E-state index in [1.807, 2.05) is 0 Å². The largest absolute Gasteiger partial charge is 0.481 e. The number of rotatable bonds is 7. The molecule has 0 spiro atoms. The van der Waals surface area contributed by atoms with Gasteiger partial charge in [0, 0.05) is 6.61 Å². The molecule has 0 rings (SSSR count). The minimum absolute atomic E-state index is 0.113. The van der Waals surface area contributed by atoms with Gasteiger partial charge >= 0.3 is 15.6 Å². The predicted octanol–water partition coefficient (Wildman–Crippen LogP) is 0.231. The van der Waals surface area contributed by atoms with Gasteiger partial charge in [-0.3, -0.25) is 4.52 Å². The Balaban J connectivity index is 3.95. The van der Waals surface area contributed by atoms with Gasteiger partial charge in [0.15, 0.2) is 0 Å². The lowest BCUT2D eigenvalue weighted by Gasteiger charge is -2.13. The Morgan fingerprint density at radius 2 is 1.80 bits per heavy atom. The van der Waals surface area contributed by atoms with Crippen LogP contribution in [0.15, 0.2) is 0 Å². The Morgan fingerprint density at radius 3 is 2.20 bits per heavy atom. The molecular weight excluding hydrogens is 250 g/mol. The topological polar surface area (TPSA) is 134 Å². The Kier molecular flexibility index (Phi) is 6.17. The summed E-state index contributed by atoms with van der Waals surface area (Å²) < 4.78 is 28.9. The minimum Gasteiger partial charge on any atom is -0.396 e. The zero-order chi connectivity index (χ0) is 12.1. The molecule has 0 saturated carbocycles. The average molecular weight is 264 g/mol. The second-order valence-corrected chi connectivity index (χ2v) is 5.78. The molecule has 0 fully saturated rings. The Hall–Kier alpha value is 0.220. The summed E-state index contributed by atoms with van der Waals surface area (Å²) in [5.74, 6) is -0.139. The Bertz CT molecular complexity index is 272. The normalized spacial score (nSPS) is 18.5. The summed E-state index contributed by atoms with van der Waals surface area (Å²) >= 11 is 0. The van der Waals surface area contributed by atoms with Gasteiger partial charge in [0.05, 0.1) is 6.61 Å². The van der Waals surface area contributed by atoms with E-state index < -0.39 is 15.6 Å². The number of phosphoric acid groups is 2. The third-order valence-corrected chi connectivity index (χ3v) is 3.57. The molecule has 0 amide bonds. The monoisotopic (exact) mass is 264 g/mol. The van der Waals surface area contributed by atoms with Gasteiger partial charge in [-0.15, -0.1) is 0 Å². The summed E-state index contributed by atoms with van der Waals surface area (Å²) in [5, 5.41) is 8.61. The van der Waals surface area contributed by atoms with Crippen molar-refractivity contribution in [1.29, 1.82) is 0 Å². The highest BCUT2D eigenvalue weighted by Gasteiger charge is 2.32. The van der Waals surface area contributed by atoms with Crippen LogP contribution in [0, 0.1) is 5.92 Å². The molecule has 0 aliphatic rings. The van der Waals surface area contributed by atoms with E-state index in [0.29, 0.717) is 0 Å². The standard InChI is InChI=1S/C5H14O8P2/c1-5(4-6)2-3-12-15(10,11)13-14(7,8)9/h5-6H,2-4H2,1H3,(H,10,11)(H2,7,8,9)/t5-/m0/s1. The zero-order valence-electron chi connectivity index (χ0n) is 8.01. The first-order valence-electron chi connectivity index (χ1n) is 4.01. The van der Waals surface area contributed by atoms with Crippen molar-refractivity contribution in [1.82, 2.24) is 0 Å². The van der Waals surface area contributed by atoms with Crippen LogP contribution < -0.4 is 0 Å². The highest BCUT2D eigenvalue weighted by Crippen LogP contribution is 2.57. The molecule has 8 nitrogen and oxygen atoms in total. The van der Waals surface area contributed by atoms with E-state index in [9.17, 15) is 9.13 Å². The van der Waals surface area contributed by atoms with Crippen molar-refractivity contribution in [3.63, 3.8) is 0 Å². The number of aliphatic hydroxyl groups is 1. The molecule has 10 heteroatoms. The van der Waals surface area contributed by atoms with Crippen molar-refractivity contribution in [2.45, 2.75) is 13.3 Å². The SMILES string of the molecule is C[C@H](CO)CCOP(=O)(O)OP(=O)(O)O. The van der Waals surface area contributed by atoms with E-state index in [2.05, 4.69) is 8.83 Å². The van der Waals surface area contributed by atoms with Gasteiger partial charge in [0.1, 0.15) is 0 Å². The molecule has 0 saturated heterocycles. The van der Waals surface area contributed by atoms with Gasteiger partial charge in [0.25, 0.3) is 0 Å². The first kappa shape index (κ1) is 15.2. The van der Waals surface area contributed by atoms with Crippen LogP contribution in [-0.4, -0.2) is 33.0 Å². The highest BCUT2D eigenvalue weighted by molar-refractivity contribution is 7.60. The van der Waals surface area contributed by atoms with Gasteiger partial charge in [-0.1, -0.05) is 6.92 Å². The quantitative estimate of drug-likeness (QED) is 0.480. The summed E-state index contributed by atoms with van der Waals surface area (Å²) in [6.07, 6.45) is 0.269. The molecular formula is C5H14O8P2. The fourth-order valence-electron chi connectivity index (χ4n) is 0.619. The molecule has 0 aromatic heterocycles. The van der Waals surface area contributed by atoms with Crippen LogP contribution in [0.25, 0.3) is 0 Å². The highest BCUT2D eigenvalue weighted by atomic mass is 31.3. The van der Waals surface area contributed by atoms with Crippen LogP contribution in [-0.2, 0) is 18.0 Å². The summed E-state index contributed by atoms with van der Waals surface area (Å²) in [6.45, 7) is 1.32. The summed E-state index contributed by atoms with van der Waals surface area (Å²) in [6, 6.07) is 0. The fourth-order valence-corrected chi connectivity index (χ4v) is 2.22. The lowest BCUT2D eigenvalue weighted by atomic mass is 10.1. The maximum atomic E-state index is 10.9. The van der Waals surface area contributed by atoms with Crippen LogP contribution in [0.3, 0.4) is 0 Å². The van der Waals surface area contributed by atoms with Crippen molar-refractivity contribution >= 4 is 15.6 Å². The molecule has 0 aromatic rings. The van der Waals surface area contributed by atoms with E-state index in [4.69, 9.17) is 19.8 Å². The first-order valence-corrected chi connectivity index (χ1v) is 7.04. The first-order chi connectivity index (χ1) is 6.66. The molecule has 92 valence electrons. The molecule has 15 heavy (non-hydrogen) atoms. The van der Waals surface area contributed by atoms with Gasteiger partial charge in [-0.05, 0) is 12.3 Å². The lowest BCUT2D eigenvalue weighted by Crippen LogP contribution is -2.05. The molecule has 0 aliphatic carbocycles. The molecule has 1 unspecified atom stereocenters. The van der Waals surface area contributed by atoms with Crippen LogP contribution in [0.5, 0.6) is 0 Å². The van der Waals surface area contributed by atoms with Gasteiger partial charge in [-0.25, -0.2) is 9.13 Å². The lowest BCUT2D eigenvalue weighted by molar-refractivity contribution is 0.156. The van der Waals surface area contributed by atoms with E-state index in [1.54, 1.807) is 6.92 Å². The fraction of sp³-hybridized carbons (Fsp3) is 1.00. The van der Waals surface area contributed by atoms with Crippen molar-refractivity contribution in [3.05, 3.63) is 0 Å². The van der Waals surface area contributed by atoms with Crippen LogP contribution in [0.1, 0.15) is 13.3 Å². The number of aliphatic hydroxyl groups excluding tert-OH is 1. The van der Waals surface area contributed by atoms with Crippen LogP contribution >= 0.6 is 15.6 Å². The third kappa shape index (κ3) is 9.17. The second kappa shape index (κ2) is 6.08. The molecule has 0 aromatic carbocycles. The summed E-state index contributed by atoms with van der Waals surface area (Å²) in [4.78, 5) is 25.3. The van der Waals surface area contributed by atoms with E-state index in [0.717, 1.165) is 0 Å². The smallest absolute Gasteiger partial charge is 0.396 e. The maximum Gasteiger partial charge on any atom is 0.481 e. The Labute approximate surface area is 86.7 Å². The molecule has 0 aliphatic heterocycles. The zero-order valence-corrected chi connectivity index (χ0v) is 9.80. The second-order valence-electron chi connectivity index (χ2n) is 2.95. The maximum absolute atomic E-state index is 10.9.